The van der Waals surface area contributed by atoms with Crippen LogP contribution in [0.5, 0.6) is 0 Å². The molecule has 0 radical (unpaired) electrons. The minimum Gasteiger partial charge on any atom is -0.342 e. The van der Waals surface area contributed by atoms with E-state index in [1.165, 1.54) is 0 Å². The number of piperidine rings is 1. The van der Waals surface area contributed by atoms with E-state index in [1.807, 2.05) is 4.90 Å². The number of likely N-dealkylation sites (tertiary alicyclic amines) is 1. The summed E-state index contributed by atoms with van der Waals surface area (Å²) < 4.78 is 0. The molecule has 1 saturated heterocycles. The molecule has 0 bridgehead atoms. The Kier molecular flexibility index (Phi) is 2.53. The van der Waals surface area contributed by atoms with Crippen molar-refractivity contribution < 1.29 is 4.79 Å². The van der Waals surface area contributed by atoms with Crippen LogP contribution in [0.3, 0.4) is 0 Å². The molecule has 3 heteroatoms. The van der Waals surface area contributed by atoms with Gasteiger partial charge in [-0.25, -0.2) is 0 Å². The molecule has 2 fully saturated rings. The van der Waals surface area contributed by atoms with Gasteiger partial charge in [0.25, 0.3) is 0 Å². The molecule has 0 aromatic rings. The number of hydrogen-bond acceptors (Lipinski definition) is 2. The molecule has 2 N–H and O–H groups in total. The highest BCUT2D eigenvalue weighted by molar-refractivity contribution is 5.82. The standard InChI is InChI=1S/C12H22N2O/c1-8-7-14(5-4-10(8)13)11(15)9-6-12(9,2)3/h8-10H,4-7,13H2,1-3H3. The Morgan fingerprint density at radius 3 is 2.53 bits per heavy atom. The van der Waals surface area contributed by atoms with Gasteiger partial charge in [0, 0.05) is 25.0 Å². The summed E-state index contributed by atoms with van der Waals surface area (Å²) in [6.07, 6.45) is 2.02. The molecule has 3 atom stereocenters. The first kappa shape index (κ1) is 10.9. The molecule has 1 saturated carbocycles. The minimum atomic E-state index is 0.250. The van der Waals surface area contributed by atoms with Crippen LogP contribution >= 0.6 is 0 Å². The van der Waals surface area contributed by atoms with Crippen LogP contribution in [0.2, 0.25) is 0 Å². The molecular weight excluding hydrogens is 188 g/mol. The van der Waals surface area contributed by atoms with Gasteiger partial charge >= 0.3 is 0 Å². The van der Waals surface area contributed by atoms with Gasteiger partial charge in [-0.2, -0.15) is 0 Å². The zero-order chi connectivity index (χ0) is 11.2. The first-order valence-corrected chi connectivity index (χ1v) is 5.96. The third-order valence-electron chi connectivity index (χ3n) is 4.09. The molecule has 2 rings (SSSR count). The quantitative estimate of drug-likeness (QED) is 0.707. The first-order valence-electron chi connectivity index (χ1n) is 5.96. The molecule has 86 valence electrons. The minimum absolute atomic E-state index is 0.250. The zero-order valence-corrected chi connectivity index (χ0v) is 9.99. The van der Waals surface area contributed by atoms with Crippen LogP contribution in [-0.4, -0.2) is 29.9 Å². The predicted molar refractivity (Wildman–Crippen MR) is 60.2 cm³/mol. The van der Waals surface area contributed by atoms with Crippen LogP contribution in [0.25, 0.3) is 0 Å². The van der Waals surface area contributed by atoms with Gasteiger partial charge < -0.3 is 10.6 Å². The maximum atomic E-state index is 12.1. The van der Waals surface area contributed by atoms with Crippen molar-refractivity contribution >= 4 is 5.91 Å². The van der Waals surface area contributed by atoms with Gasteiger partial charge in [0.15, 0.2) is 0 Å². The summed E-state index contributed by atoms with van der Waals surface area (Å²) in [7, 11) is 0. The lowest BCUT2D eigenvalue weighted by Crippen LogP contribution is -2.48. The van der Waals surface area contributed by atoms with Crippen LogP contribution < -0.4 is 5.73 Å². The fourth-order valence-electron chi connectivity index (χ4n) is 2.47. The largest absolute Gasteiger partial charge is 0.342 e. The molecule has 1 aliphatic carbocycles. The molecule has 1 heterocycles. The highest BCUT2D eigenvalue weighted by Gasteiger charge is 2.52. The van der Waals surface area contributed by atoms with Gasteiger partial charge in [0.2, 0.25) is 5.91 Å². The van der Waals surface area contributed by atoms with E-state index < -0.39 is 0 Å². The van der Waals surface area contributed by atoms with E-state index in [0.717, 1.165) is 25.9 Å². The van der Waals surface area contributed by atoms with E-state index in [-0.39, 0.29) is 17.4 Å². The van der Waals surface area contributed by atoms with Crippen molar-refractivity contribution in [3.8, 4) is 0 Å². The van der Waals surface area contributed by atoms with Crippen LogP contribution in [0.1, 0.15) is 33.6 Å². The molecule has 3 nitrogen and oxygen atoms in total. The highest BCUT2D eigenvalue weighted by atomic mass is 16.2. The van der Waals surface area contributed by atoms with Crippen molar-refractivity contribution in [1.82, 2.24) is 4.90 Å². The molecular formula is C12H22N2O. The fraction of sp³-hybridized carbons (Fsp3) is 0.917. The Bertz CT molecular complexity index is 275. The summed E-state index contributed by atoms with van der Waals surface area (Å²) in [5.41, 5.74) is 6.20. The van der Waals surface area contributed by atoms with Gasteiger partial charge in [-0.3, -0.25) is 4.79 Å². The second-order valence-electron chi connectivity index (χ2n) is 5.96. The Balaban J connectivity index is 1.92. The average molecular weight is 210 g/mol. The first-order chi connectivity index (χ1) is 6.92. The number of carbonyl (C=O) groups excluding carboxylic acids is 1. The molecule has 1 amide bonds. The summed E-state index contributed by atoms with van der Waals surface area (Å²) >= 11 is 0. The summed E-state index contributed by atoms with van der Waals surface area (Å²) in [5.74, 6) is 1.09. The Hall–Kier alpha value is -0.570. The number of amides is 1. The summed E-state index contributed by atoms with van der Waals surface area (Å²) in [5, 5.41) is 0. The normalized spacial score (nSPS) is 38.9. The van der Waals surface area contributed by atoms with E-state index in [0.29, 0.717) is 11.8 Å². The smallest absolute Gasteiger partial charge is 0.226 e. The molecule has 0 aromatic heterocycles. The third-order valence-corrected chi connectivity index (χ3v) is 4.09. The van der Waals surface area contributed by atoms with Crippen molar-refractivity contribution in [3.63, 3.8) is 0 Å². The maximum absolute atomic E-state index is 12.1. The maximum Gasteiger partial charge on any atom is 0.226 e. The molecule has 15 heavy (non-hydrogen) atoms. The monoisotopic (exact) mass is 210 g/mol. The van der Waals surface area contributed by atoms with Crippen molar-refractivity contribution in [3.05, 3.63) is 0 Å². The fourth-order valence-corrected chi connectivity index (χ4v) is 2.47. The molecule has 0 aromatic carbocycles. The lowest BCUT2D eigenvalue weighted by molar-refractivity contribution is -0.135. The van der Waals surface area contributed by atoms with Crippen LogP contribution in [0.4, 0.5) is 0 Å². The van der Waals surface area contributed by atoms with E-state index in [1.54, 1.807) is 0 Å². The van der Waals surface area contributed by atoms with Crippen molar-refractivity contribution in [2.24, 2.45) is 23.0 Å². The van der Waals surface area contributed by atoms with Gasteiger partial charge in [0.1, 0.15) is 0 Å². The summed E-state index contributed by atoms with van der Waals surface area (Å²) in [6.45, 7) is 8.20. The van der Waals surface area contributed by atoms with E-state index in [9.17, 15) is 4.79 Å². The molecule has 1 aliphatic heterocycles. The van der Waals surface area contributed by atoms with Gasteiger partial charge in [0.05, 0.1) is 0 Å². The van der Waals surface area contributed by atoms with E-state index in [2.05, 4.69) is 20.8 Å². The topological polar surface area (TPSA) is 46.3 Å². The molecule has 2 aliphatic rings. The molecule has 0 spiro atoms. The summed E-state index contributed by atoms with van der Waals surface area (Å²) in [4.78, 5) is 14.1. The van der Waals surface area contributed by atoms with E-state index in [4.69, 9.17) is 5.73 Å². The second-order valence-corrected chi connectivity index (χ2v) is 5.96. The average Bonchev–Trinajstić information content (AvgIpc) is 2.79. The van der Waals surface area contributed by atoms with Crippen LogP contribution in [0.15, 0.2) is 0 Å². The lowest BCUT2D eigenvalue weighted by atomic mass is 9.94. The van der Waals surface area contributed by atoms with E-state index >= 15 is 0 Å². The SMILES string of the molecule is CC1CN(C(=O)C2CC2(C)C)CCC1N. The van der Waals surface area contributed by atoms with Gasteiger partial charge in [-0.15, -0.1) is 0 Å². The zero-order valence-electron chi connectivity index (χ0n) is 9.99. The Morgan fingerprint density at radius 1 is 1.47 bits per heavy atom. The Labute approximate surface area is 92.0 Å². The number of nitrogens with zero attached hydrogens (tertiary/aromatic N) is 1. The number of rotatable bonds is 1. The summed E-state index contributed by atoms with van der Waals surface area (Å²) in [6, 6.07) is 0.279. The van der Waals surface area contributed by atoms with Crippen LogP contribution in [-0.2, 0) is 4.79 Å². The van der Waals surface area contributed by atoms with Crippen molar-refractivity contribution in [2.45, 2.75) is 39.7 Å². The van der Waals surface area contributed by atoms with Crippen LogP contribution in [0, 0.1) is 17.3 Å². The number of carbonyl (C=O) groups is 1. The third kappa shape index (κ3) is 2.03. The Morgan fingerprint density at radius 2 is 2.07 bits per heavy atom. The second kappa shape index (κ2) is 3.48. The van der Waals surface area contributed by atoms with Crippen molar-refractivity contribution in [1.29, 1.82) is 0 Å². The number of hydrogen-bond donors (Lipinski definition) is 1. The highest BCUT2D eigenvalue weighted by Crippen LogP contribution is 2.52. The lowest BCUT2D eigenvalue weighted by Gasteiger charge is -2.35. The van der Waals surface area contributed by atoms with Gasteiger partial charge in [-0.1, -0.05) is 20.8 Å². The van der Waals surface area contributed by atoms with Gasteiger partial charge in [-0.05, 0) is 24.2 Å². The number of nitrogens with two attached hydrogens (primary N) is 1. The predicted octanol–water partition coefficient (Wildman–Crippen LogP) is 1.23. The van der Waals surface area contributed by atoms with Crippen molar-refractivity contribution in [2.75, 3.05) is 13.1 Å². The molecule has 3 unspecified atom stereocenters.